The molecule has 0 aromatic heterocycles. The molecule has 2 aromatic carbocycles. The number of fused-ring (bicyclic) bond motifs is 3. The number of carbonyl (C=O) groups excluding carboxylic acids is 5. The number of primary amides is 1. The van der Waals surface area contributed by atoms with E-state index in [0.717, 1.165) is 0 Å². The summed E-state index contributed by atoms with van der Waals surface area (Å²) in [6.45, 7) is 1.50. The van der Waals surface area contributed by atoms with Crippen LogP contribution in [0.3, 0.4) is 0 Å². The molecule has 0 bridgehead atoms. The van der Waals surface area contributed by atoms with E-state index in [1.807, 2.05) is 0 Å². The van der Waals surface area contributed by atoms with E-state index in [0.29, 0.717) is 16.7 Å². The van der Waals surface area contributed by atoms with Crippen LogP contribution in [0, 0.1) is 17.8 Å². The third-order valence-electron chi connectivity index (χ3n) is 9.11. The van der Waals surface area contributed by atoms with Gasteiger partial charge in [0.1, 0.15) is 24.0 Å². The van der Waals surface area contributed by atoms with Crippen LogP contribution < -0.4 is 11.1 Å². The number of aromatic hydroxyl groups is 1. The quantitative estimate of drug-likeness (QED) is 0.182. The number of Topliss-reactive ketones (excluding diaryl/α,β-unsaturated/α-hetero) is 2. The second-order valence-electron chi connectivity index (χ2n) is 11.8. The van der Waals surface area contributed by atoms with E-state index in [-0.39, 0.29) is 48.4 Å². The first-order valence-electron chi connectivity index (χ1n) is 14.5. The zero-order valence-corrected chi connectivity index (χ0v) is 24.9. The van der Waals surface area contributed by atoms with Crippen LogP contribution in [-0.2, 0) is 25.5 Å². The summed E-state index contributed by atoms with van der Waals surface area (Å²) in [6.07, 6.45) is -1.50. The van der Waals surface area contributed by atoms with E-state index in [4.69, 9.17) is 10.5 Å². The summed E-state index contributed by atoms with van der Waals surface area (Å²) in [7, 11) is 3.18. The van der Waals surface area contributed by atoms with Gasteiger partial charge in [0.15, 0.2) is 17.2 Å². The normalized spacial score (nSPS) is 27.4. The van der Waals surface area contributed by atoms with Gasteiger partial charge in [-0.3, -0.25) is 24.0 Å². The number of nitrogens with zero attached hydrogens (tertiary/aromatic N) is 1. The molecular formula is C32H35N3O10. The molecule has 0 spiro atoms. The fourth-order valence-corrected chi connectivity index (χ4v) is 7.17. The number of ether oxygens (including phenoxy) is 1. The number of allylic oxidation sites excluding steroid dienone is 1. The first-order valence-corrected chi connectivity index (χ1v) is 14.5. The predicted molar refractivity (Wildman–Crippen MR) is 158 cm³/mol. The van der Waals surface area contributed by atoms with Crippen LogP contribution in [0.4, 0.5) is 0 Å². The fraction of sp³-hybridized carbons (Fsp3) is 0.406. The molecule has 2 amide bonds. The molecule has 2 aromatic rings. The summed E-state index contributed by atoms with van der Waals surface area (Å²) in [6, 6.07) is 8.37. The number of carbonyl (C=O) groups is 5. The molecule has 13 heteroatoms. The highest BCUT2D eigenvalue weighted by atomic mass is 16.5. The van der Waals surface area contributed by atoms with Crippen molar-refractivity contribution in [1.29, 1.82) is 0 Å². The van der Waals surface area contributed by atoms with Gasteiger partial charge >= 0.3 is 5.97 Å². The Morgan fingerprint density at radius 3 is 2.49 bits per heavy atom. The summed E-state index contributed by atoms with van der Waals surface area (Å²) >= 11 is 0. The maximum absolute atomic E-state index is 14.0. The number of rotatable bonds is 7. The third kappa shape index (κ3) is 5.06. The minimum Gasteiger partial charge on any atom is -0.508 e. The van der Waals surface area contributed by atoms with Crippen molar-refractivity contribution in [2.24, 2.45) is 23.5 Å². The molecule has 1 fully saturated rings. The average molecular weight is 622 g/mol. The Labute approximate surface area is 258 Å². The molecule has 0 heterocycles. The molecule has 3 aliphatic carbocycles. The lowest BCUT2D eigenvalue weighted by Gasteiger charge is -2.53. The van der Waals surface area contributed by atoms with Crippen molar-refractivity contribution in [2.75, 3.05) is 27.2 Å². The smallest absolute Gasteiger partial charge is 0.325 e. The Kier molecular flexibility index (Phi) is 8.29. The number of hydrogen-bond donors (Lipinski definition) is 6. The molecule has 13 nitrogen and oxygen atoms in total. The summed E-state index contributed by atoms with van der Waals surface area (Å²) in [5.74, 6) is -9.26. The van der Waals surface area contributed by atoms with Crippen LogP contribution in [-0.4, -0.2) is 99.7 Å². The van der Waals surface area contributed by atoms with Crippen molar-refractivity contribution in [3.63, 3.8) is 0 Å². The van der Waals surface area contributed by atoms with Gasteiger partial charge in [-0.1, -0.05) is 18.2 Å². The van der Waals surface area contributed by atoms with Crippen molar-refractivity contribution >= 4 is 29.4 Å². The second-order valence-corrected chi connectivity index (χ2v) is 11.8. The summed E-state index contributed by atoms with van der Waals surface area (Å²) < 4.78 is 4.84. The molecule has 0 radical (unpaired) electrons. The Morgan fingerprint density at radius 1 is 1.13 bits per heavy atom. The van der Waals surface area contributed by atoms with Crippen LogP contribution >= 0.6 is 0 Å². The molecule has 45 heavy (non-hydrogen) atoms. The summed E-state index contributed by atoms with van der Waals surface area (Å²) in [5, 5.41) is 47.7. The highest BCUT2D eigenvalue weighted by Crippen LogP contribution is 2.53. The number of aliphatic hydroxyl groups excluding tert-OH is 2. The van der Waals surface area contributed by atoms with Gasteiger partial charge in [0.2, 0.25) is 5.91 Å². The second kappa shape index (κ2) is 11.7. The monoisotopic (exact) mass is 621 g/mol. The number of nitrogens with two attached hydrogens (primary N) is 1. The van der Waals surface area contributed by atoms with E-state index >= 15 is 0 Å². The minimum atomic E-state index is -2.68. The van der Waals surface area contributed by atoms with Gasteiger partial charge in [-0.25, -0.2) is 0 Å². The molecule has 1 saturated carbocycles. The van der Waals surface area contributed by atoms with Crippen molar-refractivity contribution in [1.82, 2.24) is 10.2 Å². The number of esters is 1. The van der Waals surface area contributed by atoms with Crippen LogP contribution in [0.5, 0.6) is 5.75 Å². The van der Waals surface area contributed by atoms with Crippen LogP contribution in [0.1, 0.15) is 39.6 Å². The molecule has 7 N–H and O–H groups in total. The fourth-order valence-electron chi connectivity index (χ4n) is 7.17. The number of phenolic OH excluding ortho intramolecular Hbond substituents is 1. The zero-order chi connectivity index (χ0) is 33.0. The number of phenols is 1. The van der Waals surface area contributed by atoms with Gasteiger partial charge in [0, 0.05) is 23.1 Å². The first kappa shape index (κ1) is 31.8. The molecule has 3 aliphatic rings. The summed E-state index contributed by atoms with van der Waals surface area (Å²) in [5.41, 5.74) is 4.07. The van der Waals surface area contributed by atoms with E-state index < -0.39 is 70.6 Å². The molecule has 238 valence electrons. The van der Waals surface area contributed by atoms with E-state index in [1.54, 1.807) is 51.4 Å². The van der Waals surface area contributed by atoms with Crippen molar-refractivity contribution in [2.45, 2.75) is 37.5 Å². The van der Waals surface area contributed by atoms with Crippen molar-refractivity contribution in [3.8, 4) is 16.9 Å². The largest absolute Gasteiger partial charge is 0.508 e. The highest BCUT2D eigenvalue weighted by molar-refractivity contribution is 6.16. The number of nitrogens with one attached hydrogen (secondary N) is 1. The summed E-state index contributed by atoms with van der Waals surface area (Å²) in [4.78, 5) is 65.7. The SMILES string of the molecule is CCOC(=O)CNC(=O)c1cccc(-c2ccc(O)c3c2C[C@H]2C[C@H]4[C@H](N(C)C)C(O)C(C(N)=O)C(=O)[C@@]4(O)C(O)=C2C3=O)c1. The Balaban J connectivity index is 1.58. The Morgan fingerprint density at radius 2 is 1.84 bits per heavy atom. The lowest BCUT2D eigenvalue weighted by Crippen LogP contribution is -2.71. The average Bonchev–Trinajstić information content (AvgIpc) is 2.97. The molecule has 2 unspecified atom stereocenters. The molecule has 0 saturated heterocycles. The van der Waals surface area contributed by atoms with Gasteiger partial charge < -0.3 is 41.1 Å². The lowest BCUT2D eigenvalue weighted by molar-refractivity contribution is -0.178. The Bertz CT molecular complexity index is 1650. The topological polar surface area (TPSA) is 217 Å². The lowest BCUT2D eigenvalue weighted by atomic mass is 9.55. The van der Waals surface area contributed by atoms with Crippen molar-refractivity contribution in [3.05, 3.63) is 64.4 Å². The Hall–Kier alpha value is -4.59. The molecule has 0 aliphatic heterocycles. The number of benzene rings is 2. The first-order chi connectivity index (χ1) is 21.2. The predicted octanol–water partition coefficient (Wildman–Crippen LogP) is 0.246. The van der Waals surface area contributed by atoms with E-state index in [1.165, 1.54) is 11.0 Å². The standard InChI is InChI=1S/C32H35N3O10/c1-4-45-21(37)13-34-31(43)15-7-5-6-14(10-15)17-8-9-20(36)23-18(17)11-16-12-19-25(35(2)3)27(39)24(30(33)42)29(41)32(19,44)28(40)22(16)26(23)38/h5-10,16,19,24-25,27,36,39-40,44H,4,11-13H2,1-3H3,(H2,33,42)(H,34,43)/t16-,19-,24?,25-,27?,32-/m0/s1. The van der Waals surface area contributed by atoms with Gasteiger partial charge in [-0.15, -0.1) is 0 Å². The van der Waals surface area contributed by atoms with E-state index in [2.05, 4.69) is 5.32 Å². The van der Waals surface area contributed by atoms with Crippen LogP contribution in [0.15, 0.2) is 47.7 Å². The maximum atomic E-state index is 14.0. The number of aliphatic hydroxyl groups is 3. The molecular weight excluding hydrogens is 586 g/mol. The minimum absolute atomic E-state index is 0.0242. The molecule has 5 rings (SSSR count). The van der Waals surface area contributed by atoms with Gasteiger partial charge in [0.25, 0.3) is 5.91 Å². The third-order valence-corrected chi connectivity index (χ3v) is 9.11. The van der Waals surface area contributed by atoms with Gasteiger partial charge in [-0.2, -0.15) is 0 Å². The number of hydrogen-bond acceptors (Lipinski definition) is 11. The van der Waals surface area contributed by atoms with Gasteiger partial charge in [0.05, 0.1) is 18.3 Å². The van der Waals surface area contributed by atoms with Gasteiger partial charge in [-0.05, 0) is 74.7 Å². The number of amides is 2. The zero-order valence-electron chi connectivity index (χ0n) is 24.9. The van der Waals surface area contributed by atoms with Crippen LogP contribution in [0.25, 0.3) is 11.1 Å². The van der Waals surface area contributed by atoms with Crippen molar-refractivity contribution < 1.29 is 49.1 Å². The number of likely N-dealkylation sites (N-methyl/N-ethyl adjacent to an activating group) is 1. The highest BCUT2D eigenvalue weighted by Gasteiger charge is 2.66. The maximum Gasteiger partial charge on any atom is 0.325 e. The number of ketones is 2. The molecule has 6 atom stereocenters. The van der Waals surface area contributed by atoms with Crippen LogP contribution in [0.2, 0.25) is 0 Å². The van der Waals surface area contributed by atoms with E-state index in [9.17, 15) is 44.4 Å².